The highest BCUT2D eigenvalue weighted by molar-refractivity contribution is 7.90. The summed E-state index contributed by atoms with van der Waals surface area (Å²) in [5, 5.41) is 0. The lowest BCUT2D eigenvalue weighted by molar-refractivity contribution is 0.146. The van der Waals surface area contributed by atoms with Crippen molar-refractivity contribution in [3.05, 3.63) is 0 Å². The van der Waals surface area contributed by atoms with Crippen molar-refractivity contribution >= 4 is 16.1 Å². The first kappa shape index (κ1) is 7.33. The minimum atomic E-state index is -3.27. The van der Waals surface area contributed by atoms with Crippen LogP contribution in [0.15, 0.2) is 0 Å². The van der Waals surface area contributed by atoms with Crippen LogP contribution in [0, 0.1) is 0 Å². The molecule has 1 saturated heterocycles. The monoisotopic (exact) mass is 165 g/mol. The van der Waals surface area contributed by atoms with Crippen molar-refractivity contribution in [3.8, 4) is 0 Å². The first-order valence-corrected chi connectivity index (χ1v) is 4.27. The van der Waals surface area contributed by atoms with Gasteiger partial charge in [-0.3, -0.25) is 0 Å². The van der Waals surface area contributed by atoms with Gasteiger partial charge < -0.3 is 4.74 Å². The maximum Gasteiger partial charge on any atom is 0.423 e. The summed E-state index contributed by atoms with van der Waals surface area (Å²) in [4.78, 5) is 10.5. The Morgan fingerprint density at radius 2 is 2.20 bits per heavy atom. The molecule has 58 valence electrons. The standard InChI is InChI=1S/C4H7NO4S/c1-9-4(6)5-2-3-10(5,7)8/h2-3H2,1H3. The summed E-state index contributed by atoms with van der Waals surface area (Å²) in [7, 11) is -2.13. The molecule has 0 aromatic heterocycles. The fraction of sp³-hybridized carbons (Fsp3) is 0.750. The van der Waals surface area contributed by atoms with Crippen LogP contribution in [0.1, 0.15) is 0 Å². The Morgan fingerprint density at radius 3 is 2.30 bits per heavy atom. The second-order valence-corrected chi connectivity index (χ2v) is 3.87. The van der Waals surface area contributed by atoms with E-state index in [4.69, 9.17) is 0 Å². The van der Waals surface area contributed by atoms with Gasteiger partial charge in [0.1, 0.15) is 0 Å². The van der Waals surface area contributed by atoms with Crippen LogP contribution in [-0.4, -0.2) is 38.2 Å². The minimum Gasteiger partial charge on any atom is -0.452 e. The molecule has 0 saturated carbocycles. The van der Waals surface area contributed by atoms with Crippen molar-refractivity contribution in [2.45, 2.75) is 0 Å². The number of carbonyl (C=O) groups excluding carboxylic acids is 1. The highest BCUT2D eigenvalue weighted by Crippen LogP contribution is 2.13. The van der Waals surface area contributed by atoms with Crippen LogP contribution in [0.2, 0.25) is 0 Å². The van der Waals surface area contributed by atoms with Crippen molar-refractivity contribution in [2.24, 2.45) is 0 Å². The van der Waals surface area contributed by atoms with Gasteiger partial charge in [0.25, 0.3) is 0 Å². The molecule has 0 radical (unpaired) electrons. The number of hydrogen-bond donors (Lipinski definition) is 0. The summed E-state index contributed by atoms with van der Waals surface area (Å²) in [6, 6.07) is 0. The van der Waals surface area contributed by atoms with Crippen LogP contribution in [0.4, 0.5) is 4.79 Å². The molecule has 10 heavy (non-hydrogen) atoms. The molecular formula is C4H7NO4S. The van der Waals surface area contributed by atoms with Crippen LogP contribution >= 0.6 is 0 Å². The Hall–Kier alpha value is -0.780. The third-order valence-electron chi connectivity index (χ3n) is 1.27. The maximum absolute atomic E-state index is 10.6. The highest BCUT2D eigenvalue weighted by atomic mass is 32.2. The summed E-state index contributed by atoms with van der Waals surface area (Å²) in [6.07, 6.45) is -0.800. The number of amides is 1. The average molecular weight is 165 g/mol. The molecule has 5 nitrogen and oxygen atoms in total. The summed E-state index contributed by atoms with van der Waals surface area (Å²) < 4.78 is 26.2. The van der Waals surface area contributed by atoms with Gasteiger partial charge in [0.15, 0.2) is 0 Å². The fourth-order valence-electron chi connectivity index (χ4n) is 0.638. The van der Waals surface area contributed by atoms with Crippen molar-refractivity contribution in [3.63, 3.8) is 0 Å². The van der Waals surface area contributed by atoms with Crippen LogP contribution in [-0.2, 0) is 14.8 Å². The second kappa shape index (κ2) is 2.12. The lowest BCUT2D eigenvalue weighted by Crippen LogP contribution is -2.50. The molecule has 1 rings (SSSR count). The summed E-state index contributed by atoms with van der Waals surface area (Å²) in [6.45, 7) is 0.245. The first-order chi connectivity index (χ1) is 4.58. The van der Waals surface area contributed by atoms with Gasteiger partial charge in [-0.2, -0.15) is 0 Å². The quantitative estimate of drug-likeness (QED) is 0.480. The minimum absolute atomic E-state index is 0.0437. The number of methoxy groups -OCH3 is 1. The number of rotatable bonds is 0. The van der Waals surface area contributed by atoms with Crippen LogP contribution < -0.4 is 0 Å². The first-order valence-electron chi connectivity index (χ1n) is 2.66. The molecule has 1 aliphatic heterocycles. The van der Waals surface area contributed by atoms with Crippen molar-refractivity contribution in [2.75, 3.05) is 19.4 Å². The molecule has 1 aliphatic rings. The molecule has 0 atom stereocenters. The highest BCUT2D eigenvalue weighted by Gasteiger charge is 2.37. The van der Waals surface area contributed by atoms with E-state index in [2.05, 4.69) is 4.74 Å². The predicted octanol–water partition coefficient (Wildman–Crippen LogP) is -0.602. The van der Waals surface area contributed by atoms with E-state index in [1.807, 2.05) is 0 Å². The number of ether oxygens (including phenoxy) is 1. The molecule has 0 spiro atoms. The topological polar surface area (TPSA) is 63.7 Å². The Balaban J connectivity index is 2.69. The zero-order valence-electron chi connectivity index (χ0n) is 5.40. The summed E-state index contributed by atoms with van der Waals surface area (Å²) in [5.74, 6) is 0.0437. The third-order valence-corrected chi connectivity index (χ3v) is 2.97. The van der Waals surface area contributed by atoms with Gasteiger partial charge in [0.05, 0.1) is 19.4 Å². The van der Waals surface area contributed by atoms with Gasteiger partial charge >= 0.3 is 6.09 Å². The molecule has 0 aromatic carbocycles. The van der Waals surface area contributed by atoms with Crippen molar-refractivity contribution < 1.29 is 17.9 Å². The number of nitrogens with zero attached hydrogens (tertiary/aromatic N) is 1. The van der Waals surface area contributed by atoms with Gasteiger partial charge in [-0.25, -0.2) is 17.5 Å². The Labute approximate surface area is 58.6 Å². The third kappa shape index (κ3) is 0.942. The van der Waals surface area contributed by atoms with Crippen LogP contribution in [0.25, 0.3) is 0 Å². The molecule has 0 aromatic rings. The van der Waals surface area contributed by atoms with E-state index in [1.165, 1.54) is 0 Å². The fourth-order valence-corrected chi connectivity index (χ4v) is 1.60. The molecule has 1 amide bonds. The van der Waals surface area contributed by atoms with Gasteiger partial charge in [0.2, 0.25) is 10.0 Å². The molecule has 0 bridgehead atoms. The lowest BCUT2D eigenvalue weighted by atomic mass is 10.7. The largest absolute Gasteiger partial charge is 0.452 e. The smallest absolute Gasteiger partial charge is 0.423 e. The molecule has 0 N–H and O–H groups in total. The summed E-state index contributed by atoms with van der Waals surface area (Å²) >= 11 is 0. The van der Waals surface area contributed by atoms with Crippen LogP contribution in [0.5, 0.6) is 0 Å². The van der Waals surface area contributed by atoms with Gasteiger partial charge in [0, 0.05) is 0 Å². The number of sulfonamides is 1. The normalized spacial score (nSPS) is 21.5. The van der Waals surface area contributed by atoms with Crippen molar-refractivity contribution in [1.82, 2.24) is 4.31 Å². The number of carbonyl (C=O) groups is 1. The predicted molar refractivity (Wildman–Crippen MR) is 32.9 cm³/mol. The van der Waals surface area contributed by atoms with E-state index in [0.717, 1.165) is 7.11 Å². The molecule has 1 heterocycles. The van der Waals surface area contributed by atoms with Crippen LogP contribution in [0.3, 0.4) is 0 Å². The zero-order valence-corrected chi connectivity index (χ0v) is 6.22. The van der Waals surface area contributed by atoms with Crippen molar-refractivity contribution in [1.29, 1.82) is 0 Å². The molecular weight excluding hydrogens is 158 g/mol. The maximum atomic E-state index is 10.6. The Morgan fingerprint density at radius 1 is 1.60 bits per heavy atom. The van der Waals surface area contributed by atoms with E-state index >= 15 is 0 Å². The molecule has 6 heteroatoms. The Kier molecular flexibility index (Phi) is 1.55. The van der Waals surface area contributed by atoms with E-state index in [9.17, 15) is 13.2 Å². The van der Waals surface area contributed by atoms with E-state index in [1.54, 1.807) is 0 Å². The summed E-state index contributed by atoms with van der Waals surface area (Å²) in [5.41, 5.74) is 0. The lowest BCUT2D eigenvalue weighted by Gasteiger charge is -2.28. The zero-order chi connectivity index (χ0) is 7.78. The SMILES string of the molecule is COC(=O)N1CCS1(=O)=O. The molecule has 1 fully saturated rings. The molecule has 0 aliphatic carbocycles. The Bertz CT molecular complexity index is 244. The average Bonchev–Trinajstić information content (AvgIpc) is 1.86. The van der Waals surface area contributed by atoms with E-state index in [-0.39, 0.29) is 12.3 Å². The second-order valence-electron chi connectivity index (χ2n) is 1.86. The molecule has 0 unspecified atom stereocenters. The van der Waals surface area contributed by atoms with Gasteiger partial charge in [-0.05, 0) is 0 Å². The van der Waals surface area contributed by atoms with E-state index in [0.29, 0.717) is 4.31 Å². The van der Waals surface area contributed by atoms with Gasteiger partial charge in [-0.15, -0.1) is 0 Å². The van der Waals surface area contributed by atoms with E-state index < -0.39 is 16.1 Å². The number of hydrogen-bond acceptors (Lipinski definition) is 4. The van der Waals surface area contributed by atoms with Gasteiger partial charge in [-0.1, -0.05) is 0 Å².